The maximum atomic E-state index is 6.80. The van der Waals surface area contributed by atoms with Gasteiger partial charge >= 0.3 is 11.7 Å². The average Bonchev–Trinajstić information content (AvgIpc) is 3.85. The molecule has 0 aliphatic carbocycles. The Hall–Kier alpha value is -7.33. The molecule has 0 saturated carbocycles. The lowest BCUT2D eigenvalue weighted by molar-refractivity contribution is 0.483. The minimum atomic E-state index is -0.0128. The van der Waals surface area contributed by atoms with Crippen molar-refractivity contribution in [1.82, 2.24) is 18.7 Å². The minimum Gasteiger partial charge on any atom is -0.457 e. The largest absolute Gasteiger partial charge is 0.503 e. The molecule has 0 bridgehead atoms. The summed E-state index contributed by atoms with van der Waals surface area (Å²) in [5.74, 6) is 2.35. The first-order chi connectivity index (χ1) is 31.5. The van der Waals surface area contributed by atoms with Gasteiger partial charge < -0.3 is 4.74 Å². The third kappa shape index (κ3) is 7.84. The van der Waals surface area contributed by atoms with Crippen molar-refractivity contribution in [2.45, 2.75) is 85.5 Å². The molecule has 5 nitrogen and oxygen atoms in total. The zero-order chi connectivity index (χ0) is 46.1. The topological polar surface area (TPSA) is 33.1 Å². The summed E-state index contributed by atoms with van der Waals surface area (Å²) in [6.45, 7) is 22.5. The molecule has 0 spiro atoms. The highest BCUT2D eigenvalue weighted by molar-refractivity contribution is 6.09. The second-order valence-corrected chi connectivity index (χ2v) is 20.9. The van der Waals surface area contributed by atoms with Gasteiger partial charge in [0.25, 0.3) is 5.69 Å². The fourth-order valence-electron chi connectivity index (χ4n) is 9.23. The summed E-state index contributed by atoms with van der Waals surface area (Å²) in [7, 11) is 0. The number of fused-ring (bicyclic) bond motifs is 4. The molecule has 5 heteroatoms. The van der Waals surface area contributed by atoms with Crippen LogP contribution < -0.4 is 13.9 Å². The van der Waals surface area contributed by atoms with Crippen LogP contribution in [0.25, 0.3) is 49.9 Å². The molecule has 0 unspecified atom stereocenters. The van der Waals surface area contributed by atoms with E-state index in [1.54, 1.807) is 0 Å². The predicted molar refractivity (Wildman–Crippen MR) is 278 cm³/mol. The highest BCUT2D eigenvalue weighted by atomic mass is 16.5. The summed E-state index contributed by atoms with van der Waals surface area (Å²) in [5.41, 5.74) is 16.0. The maximum Gasteiger partial charge on any atom is 0.503 e. The van der Waals surface area contributed by atoms with Crippen molar-refractivity contribution in [3.63, 3.8) is 0 Å². The molecule has 2 aromatic heterocycles. The van der Waals surface area contributed by atoms with Crippen LogP contribution >= 0.6 is 0 Å². The molecule has 9 aromatic rings. The van der Waals surface area contributed by atoms with Gasteiger partial charge in [-0.15, -0.1) is 0 Å². The summed E-state index contributed by atoms with van der Waals surface area (Å²) < 4.78 is 13.5. The summed E-state index contributed by atoms with van der Waals surface area (Å²) in [6, 6.07) is 62.5. The Morgan fingerprint density at radius 3 is 1.74 bits per heavy atom. The molecule has 0 amide bonds. The number of hydrogen-bond donors (Lipinski definition) is 0. The summed E-state index contributed by atoms with van der Waals surface area (Å²) >= 11 is 0. The Bertz CT molecular complexity index is 3450. The van der Waals surface area contributed by atoms with E-state index in [0.29, 0.717) is 0 Å². The van der Waals surface area contributed by atoms with Gasteiger partial charge in [0.15, 0.2) is 0 Å². The number of aromatic nitrogens is 2. The number of para-hydroxylation sites is 2. The number of rotatable bonds is 7. The zero-order valence-electron chi connectivity index (χ0n) is 39.9. The lowest BCUT2D eigenvalue weighted by atomic mass is 9.85. The lowest BCUT2D eigenvalue weighted by Crippen LogP contribution is -2.12. The SMILES string of the molecule is Cc1cc(-n2c3ccccc3c3ccc(Oc4cccc([N+]5=C=[N+](c6cccc(C(C)(C)C)c6)c6c(-c7cccc(C(C)(C)C)c7)cccc65)c4)cc32)ncc1-c1cccc(C(C)(C)C)c1. The monoisotopic (exact) mass is 862 g/mol. The van der Waals surface area contributed by atoms with Gasteiger partial charge in [-0.1, -0.05) is 153 Å². The van der Waals surface area contributed by atoms with Gasteiger partial charge in [0.1, 0.15) is 17.3 Å². The highest BCUT2D eigenvalue weighted by Crippen LogP contribution is 2.45. The number of pyridine rings is 1. The normalized spacial score (nSPS) is 12.9. The van der Waals surface area contributed by atoms with Crippen LogP contribution in [0.3, 0.4) is 0 Å². The van der Waals surface area contributed by atoms with Crippen LogP contribution in [0.1, 0.15) is 84.6 Å². The molecular weight excluding hydrogens is 805 g/mol. The molecule has 66 heavy (non-hydrogen) atoms. The minimum absolute atomic E-state index is 0.0128. The Morgan fingerprint density at radius 1 is 0.485 bits per heavy atom. The first-order valence-corrected chi connectivity index (χ1v) is 23.1. The fourth-order valence-corrected chi connectivity index (χ4v) is 9.23. The fraction of sp³-hybridized carbons (Fsp3) is 0.213. The number of ether oxygens (including phenoxy) is 1. The third-order valence-corrected chi connectivity index (χ3v) is 13.0. The quantitative estimate of drug-likeness (QED) is 0.150. The zero-order valence-corrected chi connectivity index (χ0v) is 39.9. The number of nitrogens with zero attached hydrogens (tertiary/aromatic N) is 4. The molecule has 1 aliphatic rings. The average molecular weight is 863 g/mol. The Labute approximate surface area is 389 Å². The Morgan fingerprint density at radius 2 is 1.06 bits per heavy atom. The molecule has 0 saturated heterocycles. The third-order valence-electron chi connectivity index (χ3n) is 13.0. The van der Waals surface area contributed by atoms with Crippen LogP contribution in [0.4, 0.5) is 22.7 Å². The van der Waals surface area contributed by atoms with E-state index in [-0.39, 0.29) is 16.2 Å². The van der Waals surface area contributed by atoms with Crippen LogP contribution in [0.15, 0.2) is 170 Å². The molecule has 0 fully saturated rings. The number of aryl methyl sites for hydroxylation is 1. The molecule has 7 aromatic carbocycles. The van der Waals surface area contributed by atoms with Crippen LogP contribution in [0.2, 0.25) is 0 Å². The van der Waals surface area contributed by atoms with Crippen molar-refractivity contribution in [2.75, 3.05) is 0 Å². The second-order valence-electron chi connectivity index (χ2n) is 20.9. The summed E-state index contributed by atoms with van der Waals surface area (Å²) in [5, 5.41) is 2.31. The molecule has 3 heterocycles. The molecule has 1 aliphatic heterocycles. The van der Waals surface area contributed by atoms with Crippen LogP contribution in [0.5, 0.6) is 11.5 Å². The van der Waals surface area contributed by atoms with Gasteiger partial charge in [-0.25, -0.2) is 4.98 Å². The van der Waals surface area contributed by atoms with E-state index in [0.717, 1.165) is 67.6 Å². The van der Waals surface area contributed by atoms with Crippen LogP contribution in [0, 0.1) is 6.92 Å². The first kappa shape index (κ1) is 42.6. The van der Waals surface area contributed by atoms with Gasteiger partial charge in [0, 0.05) is 52.9 Å². The highest BCUT2D eigenvalue weighted by Gasteiger charge is 2.40. The van der Waals surface area contributed by atoms with E-state index in [4.69, 9.17) is 9.72 Å². The Kier molecular flexibility index (Phi) is 10.3. The number of benzene rings is 7. The van der Waals surface area contributed by atoms with E-state index in [9.17, 15) is 0 Å². The summed E-state index contributed by atoms with van der Waals surface area (Å²) in [6.07, 6.45) is 2.03. The Balaban J connectivity index is 1.05. The molecular formula is C61H58N4O+2. The molecule has 10 rings (SSSR count). The van der Waals surface area contributed by atoms with E-state index in [1.165, 1.54) is 38.8 Å². The van der Waals surface area contributed by atoms with E-state index < -0.39 is 0 Å². The smallest absolute Gasteiger partial charge is 0.457 e. The molecule has 326 valence electrons. The van der Waals surface area contributed by atoms with Crippen molar-refractivity contribution in [2.24, 2.45) is 0 Å². The standard InChI is InChI=1S/C61H58N4O/c1-40-32-57(62-38-53(40)42-19-14-21-44(34-42)60(5,6)7)65-54-28-12-11-26-51(54)52-31-30-49(37-56(52)65)66-48-25-16-24-47(36-48)63-39-64(46-23-15-22-45(35-46)61(8,9)10)58-50(27-17-29-55(58)63)41-18-13-20-43(33-41)59(2,3)4/h11-38H,1-10H3/q+2. The van der Waals surface area contributed by atoms with Crippen LogP contribution in [-0.2, 0) is 16.2 Å². The molecule has 0 radical (unpaired) electrons. The van der Waals surface area contributed by atoms with Gasteiger partial charge in [0.2, 0.25) is 11.4 Å². The van der Waals surface area contributed by atoms with Gasteiger partial charge in [0.05, 0.1) is 22.7 Å². The van der Waals surface area contributed by atoms with Gasteiger partial charge in [-0.2, -0.15) is 0 Å². The first-order valence-electron chi connectivity index (χ1n) is 23.1. The van der Waals surface area contributed by atoms with Crippen molar-refractivity contribution < 1.29 is 4.74 Å². The molecule has 0 N–H and O–H groups in total. The predicted octanol–water partition coefficient (Wildman–Crippen LogP) is 16.4. The van der Waals surface area contributed by atoms with Crippen molar-refractivity contribution in [1.29, 1.82) is 0 Å². The maximum absolute atomic E-state index is 6.80. The summed E-state index contributed by atoms with van der Waals surface area (Å²) in [4.78, 5) is 5.13. The van der Waals surface area contributed by atoms with E-state index >= 15 is 0 Å². The molecule has 0 atom stereocenters. The van der Waals surface area contributed by atoms with Crippen molar-refractivity contribution in [3.8, 4) is 39.6 Å². The van der Waals surface area contributed by atoms with Gasteiger partial charge in [-0.05, 0) is 102 Å². The van der Waals surface area contributed by atoms with Crippen molar-refractivity contribution >= 4 is 50.6 Å². The van der Waals surface area contributed by atoms with Gasteiger partial charge in [-0.3, -0.25) is 4.57 Å². The van der Waals surface area contributed by atoms with E-state index in [1.807, 2.05) is 12.3 Å². The number of hydrogen-bond acceptors (Lipinski definition) is 2. The van der Waals surface area contributed by atoms with E-state index in [2.05, 4.69) is 247 Å². The lowest BCUT2D eigenvalue weighted by Gasteiger charge is -2.20. The van der Waals surface area contributed by atoms with Crippen molar-refractivity contribution in [3.05, 3.63) is 192 Å². The van der Waals surface area contributed by atoms with Crippen LogP contribution in [-0.4, -0.2) is 15.6 Å². The second kappa shape index (κ2) is 16.0.